The van der Waals surface area contributed by atoms with Crippen LogP contribution in [0.4, 0.5) is 11.5 Å². The Morgan fingerprint density at radius 2 is 1.96 bits per heavy atom. The maximum absolute atomic E-state index is 12.7. The van der Waals surface area contributed by atoms with Gasteiger partial charge in [-0.2, -0.15) is 5.26 Å². The molecule has 0 radical (unpaired) electrons. The Labute approximate surface area is 163 Å². The molecule has 0 unspecified atom stereocenters. The average molecular weight is 378 g/mol. The number of nitrogens with zero attached hydrogens (tertiary/aromatic N) is 3. The number of nitriles is 1. The standard InChI is InChI=1S/C21H22N4O3/c1-13-9-14(2)23-20(17(13)11-22)25-7-5-15(6-8-25)21(26)24-16-3-4-18-19(10-16)28-12-27-18/h3-4,9-10,15H,5-8,12H2,1-2H3,(H,24,26). The topological polar surface area (TPSA) is 87.5 Å². The molecular weight excluding hydrogens is 356 g/mol. The Morgan fingerprint density at radius 3 is 2.71 bits per heavy atom. The first-order valence-electron chi connectivity index (χ1n) is 9.39. The normalized spacial score (nSPS) is 16.0. The maximum Gasteiger partial charge on any atom is 0.231 e. The van der Waals surface area contributed by atoms with Gasteiger partial charge in [0.1, 0.15) is 11.9 Å². The van der Waals surface area contributed by atoms with Crippen molar-refractivity contribution >= 4 is 17.4 Å². The van der Waals surface area contributed by atoms with E-state index in [4.69, 9.17) is 9.47 Å². The molecule has 0 aliphatic carbocycles. The number of anilines is 2. The van der Waals surface area contributed by atoms with Gasteiger partial charge in [-0.15, -0.1) is 0 Å². The van der Waals surface area contributed by atoms with E-state index in [1.165, 1.54) is 0 Å². The lowest BCUT2D eigenvalue weighted by Crippen LogP contribution is -2.39. The minimum atomic E-state index is -0.0712. The summed E-state index contributed by atoms with van der Waals surface area (Å²) in [6.07, 6.45) is 1.44. The summed E-state index contributed by atoms with van der Waals surface area (Å²) in [5, 5.41) is 12.5. The fourth-order valence-corrected chi connectivity index (χ4v) is 3.76. The minimum Gasteiger partial charge on any atom is -0.454 e. The smallest absolute Gasteiger partial charge is 0.231 e. The molecule has 7 nitrogen and oxygen atoms in total. The van der Waals surface area contributed by atoms with Gasteiger partial charge in [-0.05, 0) is 50.5 Å². The van der Waals surface area contributed by atoms with Crippen LogP contribution in [0.25, 0.3) is 0 Å². The number of amides is 1. The summed E-state index contributed by atoms with van der Waals surface area (Å²) in [7, 11) is 0. The van der Waals surface area contributed by atoms with E-state index in [9.17, 15) is 10.1 Å². The Balaban J connectivity index is 1.40. The highest BCUT2D eigenvalue weighted by molar-refractivity contribution is 5.93. The third-order valence-electron chi connectivity index (χ3n) is 5.24. The zero-order chi connectivity index (χ0) is 19.7. The average Bonchev–Trinajstić information content (AvgIpc) is 3.15. The first kappa shape index (κ1) is 18.1. The highest BCUT2D eigenvalue weighted by Crippen LogP contribution is 2.34. The monoisotopic (exact) mass is 378 g/mol. The van der Waals surface area contributed by atoms with Crippen LogP contribution >= 0.6 is 0 Å². The molecule has 0 atom stereocenters. The summed E-state index contributed by atoms with van der Waals surface area (Å²) in [6.45, 7) is 5.47. The molecule has 7 heteroatoms. The molecule has 1 saturated heterocycles. The summed E-state index contributed by atoms with van der Waals surface area (Å²) in [4.78, 5) is 19.4. The van der Waals surface area contributed by atoms with Crippen LogP contribution < -0.4 is 19.7 Å². The van der Waals surface area contributed by atoms with Gasteiger partial charge in [-0.3, -0.25) is 4.79 Å². The van der Waals surface area contributed by atoms with E-state index >= 15 is 0 Å². The number of pyridine rings is 1. The summed E-state index contributed by atoms with van der Waals surface area (Å²) >= 11 is 0. The van der Waals surface area contributed by atoms with Gasteiger partial charge in [0.15, 0.2) is 11.5 Å². The predicted octanol–water partition coefficient (Wildman–Crippen LogP) is 3.15. The van der Waals surface area contributed by atoms with Gasteiger partial charge >= 0.3 is 0 Å². The molecule has 1 aromatic heterocycles. The van der Waals surface area contributed by atoms with E-state index in [1.807, 2.05) is 26.0 Å². The van der Waals surface area contributed by atoms with Crippen molar-refractivity contribution in [3.63, 3.8) is 0 Å². The number of carbonyl (C=O) groups excluding carboxylic acids is 1. The van der Waals surface area contributed by atoms with Crippen LogP contribution in [-0.4, -0.2) is 30.8 Å². The van der Waals surface area contributed by atoms with E-state index < -0.39 is 0 Å². The quantitative estimate of drug-likeness (QED) is 0.883. The van der Waals surface area contributed by atoms with E-state index in [2.05, 4.69) is 21.3 Å². The van der Waals surface area contributed by atoms with E-state index in [0.29, 0.717) is 35.8 Å². The number of benzene rings is 1. The van der Waals surface area contributed by atoms with Crippen LogP contribution in [0.3, 0.4) is 0 Å². The molecule has 28 heavy (non-hydrogen) atoms. The van der Waals surface area contributed by atoms with Gasteiger partial charge < -0.3 is 19.7 Å². The van der Waals surface area contributed by atoms with Crippen LogP contribution in [-0.2, 0) is 4.79 Å². The van der Waals surface area contributed by atoms with Crippen LogP contribution in [0.15, 0.2) is 24.3 Å². The molecule has 2 aliphatic heterocycles. The number of piperidine rings is 1. The first-order valence-corrected chi connectivity index (χ1v) is 9.39. The number of rotatable bonds is 3. The van der Waals surface area contributed by atoms with Crippen molar-refractivity contribution in [3.8, 4) is 17.6 Å². The highest BCUT2D eigenvalue weighted by Gasteiger charge is 2.27. The molecule has 3 heterocycles. The summed E-state index contributed by atoms with van der Waals surface area (Å²) < 4.78 is 10.7. The molecule has 4 rings (SSSR count). The number of aromatic nitrogens is 1. The van der Waals surface area contributed by atoms with Crippen LogP contribution in [0.5, 0.6) is 11.5 Å². The van der Waals surface area contributed by atoms with Crippen molar-refractivity contribution in [1.82, 2.24) is 4.98 Å². The molecule has 2 aromatic rings. The van der Waals surface area contributed by atoms with Crippen molar-refractivity contribution in [2.45, 2.75) is 26.7 Å². The lowest BCUT2D eigenvalue weighted by molar-refractivity contribution is -0.120. The predicted molar refractivity (Wildman–Crippen MR) is 105 cm³/mol. The molecule has 2 aliphatic rings. The fraction of sp³-hybridized carbons (Fsp3) is 0.381. The number of carbonyl (C=O) groups is 1. The van der Waals surface area contributed by atoms with Gasteiger partial charge in [-0.1, -0.05) is 0 Å². The van der Waals surface area contributed by atoms with E-state index in [1.54, 1.807) is 12.1 Å². The molecule has 144 valence electrons. The third-order valence-corrected chi connectivity index (χ3v) is 5.24. The van der Waals surface area contributed by atoms with E-state index in [0.717, 1.165) is 29.9 Å². The van der Waals surface area contributed by atoms with Crippen LogP contribution in [0.2, 0.25) is 0 Å². The van der Waals surface area contributed by atoms with Crippen molar-refractivity contribution < 1.29 is 14.3 Å². The number of aryl methyl sites for hydroxylation is 2. The Hall–Kier alpha value is -3.27. The fourth-order valence-electron chi connectivity index (χ4n) is 3.76. The Bertz CT molecular complexity index is 959. The number of hydrogen-bond donors (Lipinski definition) is 1. The maximum atomic E-state index is 12.7. The number of hydrogen-bond acceptors (Lipinski definition) is 6. The molecule has 1 fully saturated rings. The lowest BCUT2D eigenvalue weighted by Gasteiger charge is -2.33. The number of ether oxygens (including phenoxy) is 2. The van der Waals surface area contributed by atoms with Gasteiger partial charge in [0, 0.05) is 36.5 Å². The zero-order valence-corrected chi connectivity index (χ0v) is 16.0. The summed E-state index contributed by atoms with van der Waals surface area (Å²) in [5.41, 5.74) is 3.16. The molecule has 1 N–H and O–H groups in total. The van der Waals surface area contributed by atoms with Gasteiger partial charge in [0.05, 0.1) is 5.56 Å². The van der Waals surface area contributed by atoms with Gasteiger partial charge in [-0.25, -0.2) is 4.98 Å². The van der Waals surface area contributed by atoms with Crippen molar-refractivity contribution in [2.24, 2.45) is 5.92 Å². The molecule has 1 aromatic carbocycles. The Kier molecular flexibility index (Phi) is 4.78. The molecule has 1 amide bonds. The zero-order valence-electron chi connectivity index (χ0n) is 16.0. The molecule has 0 bridgehead atoms. The van der Waals surface area contributed by atoms with Crippen molar-refractivity contribution in [2.75, 3.05) is 30.1 Å². The third kappa shape index (κ3) is 3.46. The van der Waals surface area contributed by atoms with E-state index in [-0.39, 0.29) is 18.6 Å². The Morgan fingerprint density at radius 1 is 1.21 bits per heavy atom. The number of fused-ring (bicyclic) bond motifs is 1. The first-order chi connectivity index (χ1) is 13.5. The number of nitrogens with one attached hydrogen (secondary N) is 1. The van der Waals surface area contributed by atoms with Crippen LogP contribution in [0.1, 0.15) is 29.7 Å². The highest BCUT2D eigenvalue weighted by atomic mass is 16.7. The molecule has 0 saturated carbocycles. The van der Waals surface area contributed by atoms with Crippen LogP contribution in [0, 0.1) is 31.1 Å². The summed E-state index contributed by atoms with van der Waals surface area (Å²) in [6, 6.07) is 9.60. The SMILES string of the molecule is Cc1cc(C)c(C#N)c(N2CCC(C(=O)Nc3ccc4c(c3)OCO4)CC2)n1. The molecule has 0 spiro atoms. The van der Waals surface area contributed by atoms with Crippen molar-refractivity contribution in [3.05, 3.63) is 41.1 Å². The summed E-state index contributed by atoms with van der Waals surface area (Å²) in [5.74, 6) is 2.01. The largest absolute Gasteiger partial charge is 0.454 e. The van der Waals surface area contributed by atoms with Gasteiger partial charge in [0.2, 0.25) is 12.7 Å². The lowest BCUT2D eigenvalue weighted by atomic mass is 9.95. The molecular formula is C21H22N4O3. The second-order valence-electron chi connectivity index (χ2n) is 7.21. The van der Waals surface area contributed by atoms with Crippen molar-refractivity contribution in [1.29, 1.82) is 5.26 Å². The van der Waals surface area contributed by atoms with Gasteiger partial charge in [0.25, 0.3) is 0 Å². The minimum absolute atomic E-state index is 0.00686. The second kappa shape index (κ2) is 7.39. The second-order valence-corrected chi connectivity index (χ2v) is 7.21.